The van der Waals surface area contributed by atoms with E-state index in [0.717, 1.165) is 12.8 Å². The van der Waals surface area contributed by atoms with Crippen LogP contribution >= 0.6 is 0 Å². The first kappa shape index (κ1) is 17.9. The van der Waals surface area contributed by atoms with Gasteiger partial charge in [0.1, 0.15) is 6.10 Å². The molecule has 0 aromatic heterocycles. The Kier molecular flexibility index (Phi) is 6.15. The Morgan fingerprint density at radius 2 is 2.09 bits per heavy atom. The summed E-state index contributed by atoms with van der Waals surface area (Å²) in [6.07, 6.45) is -0.685. The predicted molar refractivity (Wildman–Crippen MR) is 78.2 cm³/mol. The summed E-state index contributed by atoms with van der Waals surface area (Å²) in [5.41, 5.74) is -0.680. The van der Waals surface area contributed by atoms with E-state index in [9.17, 15) is 18.4 Å². The molecule has 23 heavy (non-hydrogen) atoms. The van der Waals surface area contributed by atoms with Crippen molar-refractivity contribution in [2.45, 2.75) is 45.1 Å². The maximum absolute atomic E-state index is 12.7. The number of hydrogen-bond acceptors (Lipinski definition) is 4. The maximum atomic E-state index is 12.7. The van der Waals surface area contributed by atoms with Crippen LogP contribution in [0.5, 0.6) is 0 Å². The summed E-state index contributed by atoms with van der Waals surface area (Å²) in [5, 5.41) is 2.72. The molecule has 2 amide bonds. The van der Waals surface area contributed by atoms with Gasteiger partial charge in [-0.2, -0.15) is 0 Å². The summed E-state index contributed by atoms with van der Waals surface area (Å²) in [5.74, 6) is -0.287. The topological polar surface area (TPSA) is 67.9 Å². The van der Waals surface area contributed by atoms with E-state index in [2.05, 4.69) is 5.32 Å². The van der Waals surface area contributed by atoms with Crippen LogP contribution in [0, 0.1) is 5.41 Å². The smallest absolute Gasteiger partial charge is 0.317 e. The fourth-order valence-electron chi connectivity index (χ4n) is 3.16. The van der Waals surface area contributed by atoms with Crippen LogP contribution in [0.25, 0.3) is 0 Å². The number of rotatable bonds is 5. The van der Waals surface area contributed by atoms with Gasteiger partial charge in [-0.1, -0.05) is 12.8 Å². The second kappa shape index (κ2) is 7.90. The molecular weight excluding hydrogens is 310 g/mol. The van der Waals surface area contributed by atoms with Crippen LogP contribution in [0.2, 0.25) is 0 Å². The van der Waals surface area contributed by atoms with Crippen LogP contribution in [0.15, 0.2) is 0 Å². The first-order valence-corrected chi connectivity index (χ1v) is 8.08. The normalized spacial score (nSPS) is 23.8. The minimum absolute atomic E-state index is 0.0887. The van der Waals surface area contributed by atoms with E-state index < -0.39 is 24.0 Å². The van der Waals surface area contributed by atoms with Gasteiger partial charge in [0.25, 0.3) is 6.43 Å². The van der Waals surface area contributed by atoms with Gasteiger partial charge < -0.3 is 19.7 Å². The highest BCUT2D eigenvalue weighted by Gasteiger charge is 2.43. The number of urea groups is 1. The number of carbonyl (C=O) groups is 2. The lowest BCUT2D eigenvalue weighted by molar-refractivity contribution is -0.154. The van der Waals surface area contributed by atoms with Crippen molar-refractivity contribution in [2.75, 3.05) is 32.8 Å². The number of alkyl halides is 2. The number of ether oxygens (including phenoxy) is 2. The minimum Gasteiger partial charge on any atom is -0.466 e. The lowest BCUT2D eigenvalue weighted by atomic mass is 9.86. The van der Waals surface area contributed by atoms with Crippen LogP contribution in [0.1, 0.15) is 32.6 Å². The molecule has 1 aliphatic carbocycles. The number of halogens is 2. The van der Waals surface area contributed by atoms with Crippen molar-refractivity contribution in [3.63, 3.8) is 0 Å². The number of amides is 2. The molecule has 0 unspecified atom stereocenters. The lowest BCUT2D eigenvalue weighted by Gasteiger charge is -2.34. The minimum atomic E-state index is -2.62. The van der Waals surface area contributed by atoms with Crippen LogP contribution < -0.4 is 5.32 Å². The van der Waals surface area contributed by atoms with Crippen molar-refractivity contribution in [1.82, 2.24) is 10.2 Å². The van der Waals surface area contributed by atoms with E-state index in [4.69, 9.17) is 9.47 Å². The van der Waals surface area contributed by atoms with Crippen molar-refractivity contribution >= 4 is 12.0 Å². The van der Waals surface area contributed by atoms with Crippen LogP contribution in [-0.4, -0.2) is 62.3 Å². The summed E-state index contributed by atoms with van der Waals surface area (Å²) in [7, 11) is 0. The molecule has 1 aliphatic heterocycles. The Balaban J connectivity index is 1.90. The molecule has 0 aromatic rings. The second-order valence-electron chi connectivity index (χ2n) is 6.06. The Morgan fingerprint density at radius 1 is 1.39 bits per heavy atom. The van der Waals surface area contributed by atoms with E-state index in [1.54, 1.807) is 6.92 Å². The summed E-state index contributed by atoms with van der Waals surface area (Å²) in [6, 6.07) is -0.436. The van der Waals surface area contributed by atoms with Crippen molar-refractivity contribution in [3.05, 3.63) is 0 Å². The molecule has 1 saturated heterocycles. The van der Waals surface area contributed by atoms with E-state index in [-0.39, 0.29) is 32.2 Å². The SMILES string of the molecule is CCOC(=O)C1(CNC(=O)N2CCO[C@@H](C(F)F)C2)CCCC1. The molecule has 2 fully saturated rings. The average Bonchev–Trinajstić information content (AvgIpc) is 3.03. The number of esters is 1. The summed E-state index contributed by atoms with van der Waals surface area (Å²) < 4.78 is 35.5. The lowest BCUT2D eigenvalue weighted by Crippen LogP contribution is -2.53. The molecule has 1 heterocycles. The quantitative estimate of drug-likeness (QED) is 0.778. The van der Waals surface area contributed by atoms with Crippen molar-refractivity contribution in [3.8, 4) is 0 Å². The molecule has 0 radical (unpaired) electrons. The van der Waals surface area contributed by atoms with E-state index in [1.165, 1.54) is 4.90 Å². The van der Waals surface area contributed by atoms with E-state index >= 15 is 0 Å². The highest BCUT2D eigenvalue weighted by molar-refractivity contribution is 5.79. The van der Waals surface area contributed by atoms with Gasteiger partial charge in [-0.15, -0.1) is 0 Å². The number of hydrogen-bond donors (Lipinski definition) is 1. The van der Waals surface area contributed by atoms with Gasteiger partial charge in [0.15, 0.2) is 0 Å². The number of nitrogens with zero attached hydrogens (tertiary/aromatic N) is 1. The van der Waals surface area contributed by atoms with Crippen LogP contribution in [0.3, 0.4) is 0 Å². The average molecular weight is 334 g/mol. The van der Waals surface area contributed by atoms with Gasteiger partial charge in [0.2, 0.25) is 0 Å². The zero-order valence-electron chi connectivity index (χ0n) is 13.4. The van der Waals surface area contributed by atoms with Gasteiger partial charge in [0.05, 0.1) is 25.2 Å². The maximum Gasteiger partial charge on any atom is 0.317 e. The molecule has 8 heteroatoms. The number of carbonyl (C=O) groups excluding carboxylic acids is 2. The van der Waals surface area contributed by atoms with Crippen molar-refractivity contribution < 1.29 is 27.8 Å². The molecule has 0 spiro atoms. The Morgan fingerprint density at radius 3 is 2.70 bits per heavy atom. The zero-order valence-corrected chi connectivity index (χ0v) is 13.4. The number of nitrogens with one attached hydrogen (secondary N) is 1. The number of morpholine rings is 1. The van der Waals surface area contributed by atoms with Gasteiger partial charge in [0, 0.05) is 13.1 Å². The standard InChI is InChI=1S/C15H24F2N2O4/c1-2-22-13(20)15(5-3-4-6-15)10-18-14(21)19-7-8-23-11(9-19)12(16)17/h11-12H,2-10H2,1H3,(H,18,21)/t11-/m1/s1. The molecule has 0 bridgehead atoms. The molecule has 1 saturated carbocycles. The molecule has 2 rings (SSSR count). The molecule has 6 nitrogen and oxygen atoms in total. The molecule has 1 N–H and O–H groups in total. The fourth-order valence-corrected chi connectivity index (χ4v) is 3.16. The monoisotopic (exact) mass is 334 g/mol. The Labute approximate surface area is 134 Å². The zero-order chi connectivity index (χ0) is 16.9. The van der Waals surface area contributed by atoms with E-state index in [1.807, 2.05) is 0 Å². The third-order valence-corrected chi connectivity index (χ3v) is 4.51. The third-order valence-electron chi connectivity index (χ3n) is 4.51. The summed E-state index contributed by atoms with van der Waals surface area (Å²) in [4.78, 5) is 25.7. The van der Waals surface area contributed by atoms with Gasteiger partial charge in [-0.3, -0.25) is 4.79 Å². The molecule has 2 aliphatic rings. The van der Waals surface area contributed by atoms with Gasteiger partial charge >= 0.3 is 12.0 Å². The fraction of sp³-hybridized carbons (Fsp3) is 0.867. The Bertz CT molecular complexity index is 428. The highest BCUT2D eigenvalue weighted by atomic mass is 19.3. The van der Waals surface area contributed by atoms with Gasteiger partial charge in [-0.25, -0.2) is 13.6 Å². The third kappa shape index (κ3) is 4.31. The second-order valence-corrected chi connectivity index (χ2v) is 6.06. The summed E-state index contributed by atoms with van der Waals surface area (Å²) in [6.45, 7) is 2.44. The van der Waals surface area contributed by atoms with Crippen molar-refractivity contribution in [2.24, 2.45) is 5.41 Å². The van der Waals surface area contributed by atoms with Crippen LogP contribution in [-0.2, 0) is 14.3 Å². The van der Waals surface area contributed by atoms with Gasteiger partial charge in [-0.05, 0) is 19.8 Å². The molecular formula is C15H24F2N2O4. The van der Waals surface area contributed by atoms with E-state index in [0.29, 0.717) is 19.4 Å². The molecule has 0 aromatic carbocycles. The molecule has 1 atom stereocenters. The largest absolute Gasteiger partial charge is 0.466 e. The first-order chi connectivity index (χ1) is 11.0. The predicted octanol–water partition coefficient (Wildman–Crippen LogP) is 1.79. The van der Waals surface area contributed by atoms with Crippen molar-refractivity contribution in [1.29, 1.82) is 0 Å². The van der Waals surface area contributed by atoms with Crippen LogP contribution in [0.4, 0.5) is 13.6 Å². The first-order valence-electron chi connectivity index (χ1n) is 8.08. The highest BCUT2D eigenvalue weighted by Crippen LogP contribution is 2.38. The molecule has 132 valence electrons. The summed E-state index contributed by atoms with van der Waals surface area (Å²) >= 11 is 0. The Hall–Kier alpha value is -1.44.